The first-order valence-electron chi connectivity index (χ1n) is 8.25. The first-order valence-corrected chi connectivity index (χ1v) is 8.25. The van der Waals surface area contributed by atoms with Gasteiger partial charge in [0, 0.05) is 51.5 Å². The summed E-state index contributed by atoms with van der Waals surface area (Å²) in [6, 6.07) is 9.69. The van der Waals surface area contributed by atoms with Gasteiger partial charge in [-0.3, -0.25) is 9.78 Å². The van der Waals surface area contributed by atoms with Crippen LogP contribution in [0.1, 0.15) is 5.56 Å². The molecule has 3 rings (SSSR count). The van der Waals surface area contributed by atoms with Crippen molar-refractivity contribution in [3.8, 4) is 17.3 Å². The predicted molar refractivity (Wildman–Crippen MR) is 99.0 cm³/mol. The molecular formula is C18H22N6O. The van der Waals surface area contributed by atoms with E-state index in [0.29, 0.717) is 11.6 Å². The lowest BCUT2D eigenvalue weighted by molar-refractivity contribution is 0.311. The number of rotatable bonds is 3. The standard InChI is InChI=1S/C18H22N6O/c1-22(2)14-6-4-13(5-7-14)16-15(12-19)17(25)21-18(20-16)24-10-8-23(3)9-11-24/h4-7H,8-11H2,1-3H3,(H,20,21,25). The lowest BCUT2D eigenvalue weighted by Gasteiger charge is -2.32. The Morgan fingerprint density at radius 3 is 2.36 bits per heavy atom. The summed E-state index contributed by atoms with van der Waals surface area (Å²) < 4.78 is 0. The Labute approximate surface area is 147 Å². The number of nitrogens with zero attached hydrogens (tertiary/aromatic N) is 5. The maximum Gasteiger partial charge on any atom is 0.270 e. The van der Waals surface area contributed by atoms with Crippen molar-refractivity contribution < 1.29 is 0 Å². The van der Waals surface area contributed by atoms with Crippen molar-refractivity contribution in [3.63, 3.8) is 0 Å². The van der Waals surface area contributed by atoms with Gasteiger partial charge in [-0.25, -0.2) is 4.98 Å². The molecule has 1 aromatic heterocycles. The van der Waals surface area contributed by atoms with E-state index >= 15 is 0 Å². The molecule has 130 valence electrons. The van der Waals surface area contributed by atoms with Gasteiger partial charge < -0.3 is 14.7 Å². The molecule has 0 bridgehead atoms. The Balaban J connectivity index is 2.02. The second-order valence-electron chi connectivity index (χ2n) is 6.46. The van der Waals surface area contributed by atoms with E-state index in [2.05, 4.69) is 26.8 Å². The minimum Gasteiger partial charge on any atom is -0.378 e. The third kappa shape index (κ3) is 3.49. The first-order chi connectivity index (χ1) is 12.0. The van der Waals surface area contributed by atoms with Crippen LogP contribution in [0, 0.1) is 11.3 Å². The highest BCUT2D eigenvalue weighted by atomic mass is 16.1. The van der Waals surface area contributed by atoms with E-state index in [9.17, 15) is 10.1 Å². The summed E-state index contributed by atoms with van der Waals surface area (Å²) in [4.78, 5) is 26.0. The summed E-state index contributed by atoms with van der Waals surface area (Å²) in [5, 5.41) is 9.40. The lowest BCUT2D eigenvalue weighted by atomic mass is 10.1. The second kappa shape index (κ2) is 6.95. The number of piperazine rings is 1. The second-order valence-corrected chi connectivity index (χ2v) is 6.46. The Morgan fingerprint density at radius 2 is 1.80 bits per heavy atom. The molecule has 1 aliphatic heterocycles. The van der Waals surface area contributed by atoms with Crippen LogP contribution in [0.2, 0.25) is 0 Å². The molecule has 1 N–H and O–H groups in total. The van der Waals surface area contributed by atoms with Crippen LogP contribution in [0.15, 0.2) is 29.1 Å². The fraction of sp³-hybridized carbons (Fsp3) is 0.389. The van der Waals surface area contributed by atoms with Crippen molar-refractivity contribution in [2.24, 2.45) is 0 Å². The maximum atomic E-state index is 12.4. The summed E-state index contributed by atoms with van der Waals surface area (Å²) in [6.07, 6.45) is 0. The zero-order valence-corrected chi connectivity index (χ0v) is 14.8. The van der Waals surface area contributed by atoms with Gasteiger partial charge in [-0.1, -0.05) is 12.1 Å². The van der Waals surface area contributed by atoms with Crippen molar-refractivity contribution in [2.75, 3.05) is 57.1 Å². The molecule has 0 aliphatic carbocycles. The molecule has 1 aromatic carbocycles. The van der Waals surface area contributed by atoms with Crippen LogP contribution in [-0.4, -0.2) is 62.2 Å². The van der Waals surface area contributed by atoms with Gasteiger partial charge >= 0.3 is 0 Å². The van der Waals surface area contributed by atoms with E-state index in [1.54, 1.807) is 0 Å². The zero-order chi connectivity index (χ0) is 18.0. The Bertz CT molecular complexity index is 841. The first kappa shape index (κ1) is 17.0. The molecule has 1 aliphatic rings. The van der Waals surface area contributed by atoms with Gasteiger partial charge in [0.1, 0.15) is 11.6 Å². The van der Waals surface area contributed by atoms with Crippen LogP contribution in [0.4, 0.5) is 11.6 Å². The molecule has 0 spiro atoms. The van der Waals surface area contributed by atoms with Crippen LogP contribution in [0.3, 0.4) is 0 Å². The minimum atomic E-state index is -0.391. The fourth-order valence-electron chi connectivity index (χ4n) is 2.86. The van der Waals surface area contributed by atoms with Crippen LogP contribution in [0.25, 0.3) is 11.3 Å². The van der Waals surface area contributed by atoms with Gasteiger partial charge in [-0.05, 0) is 19.2 Å². The molecule has 0 unspecified atom stereocenters. The minimum absolute atomic E-state index is 0.0514. The molecule has 1 saturated heterocycles. The Hall–Kier alpha value is -2.85. The topological polar surface area (TPSA) is 79.3 Å². The molecule has 0 atom stereocenters. The van der Waals surface area contributed by atoms with Crippen molar-refractivity contribution in [1.29, 1.82) is 5.26 Å². The van der Waals surface area contributed by atoms with Crippen LogP contribution in [-0.2, 0) is 0 Å². The van der Waals surface area contributed by atoms with Crippen molar-refractivity contribution >= 4 is 11.6 Å². The van der Waals surface area contributed by atoms with Gasteiger partial charge in [0.25, 0.3) is 5.56 Å². The van der Waals surface area contributed by atoms with Gasteiger partial charge in [0.15, 0.2) is 0 Å². The van der Waals surface area contributed by atoms with Crippen LogP contribution in [0.5, 0.6) is 0 Å². The quantitative estimate of drug-likeness (QED) is 0.904. The van der Waals surface area contributed by atoms with E-state index in [0.717, 1.165) is 37.4 Å². The highest BCUT2D eigenvalue weighted by Gasteiger charge is 2.20. The SMILES string of the molecule is CN1CCN(c2nc(-c3ccc(N(C)C)cc3)c(C#N)c(=O)[nH]2)CC1. The monoisotopic (exact) mass is 338 g/mol. The lowest BCUT2D eigenvalue weighted by Crippen LogP contribution is -2.45. The molecule has 0 radical (unpaired) electrons. The Morgan fingerprint density at radius 1 is 1.16 bits per heavy atom. The largest absolute Gasteiger partial charge is 0.378 e. The zero-order valence-electron chi connectivity index (χ0n) is 14.8. The number of H-pyrrole nitrogens is 1. The van der Waals surface area contributed by atoms with E-state index in [1.807, 2.05) is 49.3 Å². The molecule has 7 nitrogen and oxygen atoms in total. The smallest absolute Gasteiger partial charge is 0.270 e. The maximum absolute atomic E-state index is 12.4. The van der Waals surface area contributed by atoms with Gasteiger partial charge in [0.05, 0.1) is 5.69 Å². The highest BCUT2D eigenvalue weighted by molar-refractivity contribution is 5.69. The molecule has 2 aromatic rings. The molecule has 0 amide bonds. The highest BCUT2D eigenvalue weighted by Crippen LogP contribution is 2.24. The fourth-order valence-corrected chi connectivity index (χ4v) is 2.86. The van der Waals surface area contributed by atoms with E-state index < -0.39 is 5.56 Å². The summed E-state index contributed by atoms with van der Waals surface area (Å²) in [6.45, 7) is 3.42. The summed E-state index contributed by atoms with van der Waals surface area (Å²) in [5.41, 5.74) is 1.91. The number of hydrogen-bond donors (Lipinski definition) is 1. The van der Waals surface area contributed by atoms with Crippen LogP contribution >= 0.6 is 0 Å². The molecule has 25 heavy (non-hydrogen) atoms. The average Bonchev–Trinajstić information content (AvgIpc) is 2.61. The molecule has 0 saturated carbocycles. The van der Waals surface area contributed by atoms with Crippen LogP contribution < -0.4 is 15.4 Å². The predicted octanol–water partition coefficient (Wildman–Crippen LogP) is 1.13. The van der Waals surface area contributed by atoms with Crippen molar-refractivity contribution in [1.82, 2.24) is 14.9 Å². The number of aromatic amines is 1. The van der Waals surface area contributed by atoms with Crippen molar-refractivity contribution in [2.45, 2.75) is 0 Å². The number of anilines is 2. The number of nitriles is 1. The Kier molecular flexibility index (Phi) is 4.72. The molecule has 7 heteroatoms. The van der Waals surface area contributed by atoms with E-state index in [4.69, 9.17) is 0 Å². The molecule has 1 fully saturated rings. The van der Waals surface area contributed by atoms with Gasteiger partial charge in [-0.15, -0.1) is 0 Å². The summed E-state index contributed by atoms with van der Waals surface area (Å²) in [7, 11) is 6.00. The number of benzene rings is 1. The third-order valence-corrected chi connectivity index (χ3v) is 4.48. The number of aromatic nitrogens is 2. The number of nitrogens with one attached hydrogen (secondary N) is 1. The third-order valence-electron chi connectivity index (χ3n) is 4.48. The van der Waals surface area contributed by atoms with E-state index in [1.165, 1.54) is 0 Å². The van der Waals surface area contributed by atoms with Gasteiger partial charge in [0.2, 0.25) is 5.95 Å². The van der Waals surface area contributed by atoms with Crippen molar-refractivity contribution in [3.05, 3.63) is 40.2 Å². The van der Waals surface area contributed by atoms with Gasteiger partial charge in [-0.2, -0.15) is 5.26 Å². The summed E-state index contributed by atoms with van der Waals surface area (Å²) >= 11 is 0. The number of hydrogen-bond acceptors (Lipinski definition) is 6. The molecular weight excluding hydrogens is 316 g/mol. The average molecular weight is 338 g/mol. The normalized spacial score (nSPS) is 15.0. The number of likely N-dealkylation sites (N-methyl/N-ethyl adjacent to an activating group) is 1. The summed E-state index contributed by atoms with van der Waals surface area (Å²) in [5.74, 6) is 0.531. The molecule has 2 heterocycles. The van der Waals surface area contributed by atoms with E-state index in [-0.39, 0.29) is 5.56 Å².